The molecule has 2 fully saturated rings. The Morgan fingerprint density at radius 3 is 2.64 bits per heavy atom. The molecule has 4 heteroatoms. The number of nitrogens with zero attached hydrogens (tertiary/aromatic N) is 1. The molecule has 2 aliphatic rings. The largest absolute Gasteiger partial charge is 0.355 e. The standard InChI is InChI=1S/C18H27N3O/c22-18-17(8-4-5-11-19-18)20-16-9-12-21(13-10-16)14-15-6-2-1-3-7-15/h1-3,6-7,16-17,20H,4-5,8-14H2,(H,19,22)/t17-/m1/s1. The van der Waals surface area contributed by atoms with Gasteiger partial charge in [0.25, 0.3) is 0 Å². The van der Waals surface area contributed by atoms with Crippen molar-refractivity contribution in [2.45, 2.75) is 50.7 Å². The third-order valence-corrected chi connectivity index (χ3v) is 4.81. The number of nitrogens with one attached hydrogen (secondary N) is 2. The highest BCUT2D eigenvalue weighted by Gasteiger charge is 2.26. The molecule has 3 rings (SSSR count). The molecule has 0 radical (unpaired) electrons. The van der Waals surface area contributed by atoms with Crippen LogP contribution in [-0.4, -0.2) is 42.5 Å². The van der Waals surface area contributed by atoms with Gasteiger partial charge in [0.05, 0.1) is 6.04 Å². The molecule has 0 spiro atoms. The maximum atomic E-state index is 12.0. The SMILES string of the molecule is O=C1NCCCC[C@H]1NC1CCN(Cc2ccccc2)CC1. The van der Waals surface area contributed by atoms with Crippen LogP contribution in [0.25, 0.3) is 0 Å². The normalized spacial score (nSPS) is 24.7. The fourth-order valence-electron chi connectivity index (χ4n) is 3.48. The van der Waals surface area contributed by atoms with Crippen LogP contribution in [0.3, 0.4) is 0 Å². The Kier molecular flexibility index (Phi) is 5.46. The second-order valence-corrected chi connectivity index (χ2v) is 6.54. The first kappa shape index (κ1) is 15.5. The van der Waals surface area contributed by atoms with Crippen molar-refractivity contribution in [3.05, 3.63) is 35.9 Å². The number of amides is 1. The van der Waals surface area contributed by atoms with Gasteiger partial charge in [-0.3, -0.25) is 9.69 Å². The van der Waals surface area contributed by atoms with E-state index in [1.54, 1.807) is 0 Å². The van der Waals surface area contributed by atoms with Gasteiger partial charge in [-0.2, -0.15) is 0 Å². The minimum Gasteiger partial charge on any atom is -0.355 e. The Hall–Kier alpha value is -1.39. The van der Waals surface area contributed by atoms with E-state index in [4.69, 9.17) is 0 Å². The zero-order valence-electron chi connectivity index (χ0n) is 13.3. The van der Waals surface area contributed by atoms with Gasteiger partial charge in [-0.15, -0.1) is 0 Å². The van der Waals surface area contributed by atoms with Crippen molar-refractivity contribution in [3.63, 3.8) is 0 Å². The van der Waals surface area contributed by atoms with Crippen LogP contribution in [0.4, 0.5) is 0 Å². The number of carbonyl (C=O) groups excluding carboxylic acids is 1. The van der Waals surface area contributed by atoms with Gasteiger partial charge in [-0.05, 0) is 50.8 Å². The van der Waals surface area contributed by atoms with Crippen LogP contribution in [0.1, 0.15) is 37.7 Å². The molecular formula is C18H27N3O. The van der Waals surface area contributed by atoms with E-state index >= 15 is 0 Å². The van der Waals surface area contributed by atoms with Crippen LogP contribution in [-0.2, 0) is 11.3 Å². The van der Waals surface area contributed by atoms with Crippen molar-refractivity contribution in [2.24, 2.45) is 0 Å². The summed E-state index contributed by atoms with van der Waals surface area (Å²) in [5.41, 5.74) is 1.39. The van der Waals surface area contributed by atoms with Crippen molar-refractivity contribution in [1.82, 2.24) is 15.5 Å². The highest BCUT2D eigenvalue weighted by molar-refractivity contribution is 5.81. The number of carbonyl (C=O) groups is 1. The van der Waals surface area contributed by atoms with Gasteiger partial charge >= 0.3 is 0 Å². The highest BCUT2D eigenvalue weighted by atomic mass is 16.2. The summed E-state index contributed by atoms with van der Waals surface area (Å²) in [6.45, 7) is 4.10. The molecular weight excluding hydrogens is 274 g/mol. The predicted molar refractivity (Wildman–Crippen MR) is 88.5 cm³/mol. The fourth-order valence-corrected chi connectivity index (χ4v) is 3.48. The van der Waals surface area contributed by atoms with Crippen LogP contribution < -0.4 is 10.6 Å². The van der Waals surface area contributed by atoms with Crippen LogP contribution >= 0.6 is 0 Å². The summed E-state index contributed by atoms with van der Waals surface area (Å²) in [6, 6.07) is 11.2. The van der Waals surface area contributed by atoms with Crippen LogP contribution in [0.15, 0.2) is 30.3 Å². The van der Waals surface area contributed by atoms with Crippen molar-refractivity contribution in [1.29, 1.82) is 0 Å². The minimum absolute atomic E-state index is 0.0215. The molecule has 1 aromatic rings. The fraction of sp³-hybridized carbons (Fsp3) is 0.611. The lowest BCUT2D eigenvalue weighted by molar-refractivity contribution is -0.123. The molecule has 0 aromatic heterocycles. The van der Waals surface area contributed by atoms with Crippen LogP contribution in [0, 0.1) is 0 Å². The Bertz CT molecular complexity index is 468. The molecule has 22 heavy (non-hydrogen) atoms. The Morgan fingerprint density at radius 1 is 1.09 bits per heavy atom. The van der Waals surface area contributed by atoms with Gasteiger partial charge < -0.3 is 10.6 Å². The van der Waals surface area contributed by atoms with E-state index < -0.39 is 0 Å². The first-order valence-corrected chi connectivity index (χ1v) is 8.61. The third-order valence-electron chi connectivity index (χ3n) is 4.81. The zero-order chi connectivity index (χ0) is 15.2. The third kappa shape index (κ3) is 4.31. The quantitative estimate of drug-likeness (QED) is 0.893. The topological polar surface area (TPSA) is 44.4 Å². The van der Waals surface area contributed by atoms with E-state index in [0.29, 0.717) is 6.04 Å². The number of likely N-dealkylation sites (tertiary alicyclic amines) is 1. The molecule has 1 atom stereocenters. The molecule has 2 N–H and O–H groups in total. The minimum atomic E-state index is 0.0215. The second kappa shape index (κ2) is 7.75. The first-order valence-electron chi connectivity index (χ1n) is 8.61. The average Bonchev–Trinajstić information content (AvgIpc) is 2.75. The number of rotatable bonds is 4. The Morgan fingerprint density at radius 2 is 1.86 bits per heavy atom. The summed E-state index contributed by atoms with van der Waals surface area (Å²) in [5, 5.41) is 6.61. The van der Waals surface area contributed by atoms with E-state index in [9.17, 15) is 4.79 Å². The van der Waals surface area contributed by atoms with Gasteiger partial charge in [0.1, 0.15) is 0 Å². The number of benzene rings is 1. The van der Waals surface area contributed by atoms with E-state index in [2.05, 4.69) is 45.9 Å². The van der Waals surface area contributed by atoms with E-state index in [1.165, 1.54) is 5.56 Å². The molecule has 1 aromatic carbocycles. The summed E-state index contributed by atoms with van der Waals surface area (Å²) in [4.78, 5) is 14.5. The van der Waals surface area contributed by atoms with Crippen molar-refractivity contribution < 1.29 is 4.79 Å². The lowest BCUT2D eigenvalue weighted by Gasteiger charge is -2.34. The molecule has 4 nitrogen and oxygen atoms in total. The summed E-state index contributed by atoms with van der Waals surface area (Å²) in [5.74, 6) is 0.198. The lowest BCUT2D eigenvalue weighted by atomic mass is 10.0. The molecule has 2 heterocycles. The second-order valence-electron chi connectivity index (χ2n) is 6.54. The van der Waals surface area contributed by atoms with Crippen molar-refractivity contribution in [3.8, 4) is 0 Å². The molecule has 2 aliphatic heterocycles. The monoisotopic (exact) mass is 301 g/mol. The van der Waals surface area contributed by atoms with Gasteiger partial charge in [-0.25, -0.2) is 0 Å². The van der Waals surface area contributed by atoms with Crippen molar-refractivity contribution >= 4 is 5.91 Å². The summed E-state index contributed by atoms with van der Waals surface area (Å²) < 4.78 is 0. The maximum Gasteiger partial charge on any atom is 0.237 e. The molecule has 120 valence electrons. The Labute approximate surface area is 133 Å². The summed E-state index contributed by atoms with van der Waals surface area (Å²) >= 11 is 0. The molecule has 0 bridgehead atoms. The van der Waals surface area contributed by atoms with E-state index in [-0.39, 0.29) is 11.9 Å². The predicted octanol–water partition coefficient (Wildman–Crippen LogP) is 1.91. The smallest absolute Gasteiger partial charge is 0.237 e. The van der Waals surface area contributed by atoms with Gasteiger partial charge in [0, 0.05) is 19.1 Å². The molecule has 0 aliphatic carbocycles. The summed E-state index contributed by atoms with van der Waals surface area (Å²) in [7, 11) is 0. The van der Waals surface area contributed by atoms with Crippen LogP contribution in [0.2, 0.25) is 0 Å². The average molecular weight is 301 g/mol. The van der Waals surface area contributed by atoms with E-state index in [1.807, 2.05) is 0 Å². The molecule has 1 amide bonds. The van der Waals surface area contributed by atoms with Gasteiger partial charge in [0.15, 0.2) is 0 Å². The highest BCUT2D eigenvalue weighted by Crippen LogP contribution is 2.16. The summed E-state index contributed by atoms with van der Waals surface area (Å²) in [6.07, 6.45) is 5.51. The molecule has 0 unspecified atom stereocenters. The Balaban J connectivity index is 1.44. The number of piperidine rings is 1. The van der Waals surface area contributed by atoms with Crippen molar-refractivity contribution in [2.75, 3.05) is 19.6 Å². The lowest BCUT2D eigenvalue weighted by Crippen LogP contribution is -2.50. The number of hydrogen-bond acceptors (Lipinski definition) is 3. The van der Waals surface area contributed by atoms with Gasteiger partial charge in [0.2, 0.25) is 5.91 Å². The molecule has 0 saturated carbocycles. The van der Waals surface area contributed by atoms with E-state index in [0.717, 1.165) is 58.3 Å². The molecule has 2 saturated heterocycles. The van der Waals surface area contributed by atoms with Crippen LogP contribution in [0.5, 0.6) is 0 Å². The zero-order valence-corrected chi connectivity index (χ0v) is 13.3. The first-order chi connectivity index (χ1) is 10.8. The number of hydrogen-bond donors (Lipinski definition) is 2. The maximum absolute atomic E-state index is 12.0. The van der Waals surface area contributed by atoms with Gasteiger partial charge in [-0.1, -0.05) is 30.3 Å².